The van der Waals surface area contributed by atoms with Crippen molar-refractivity contribution in [3.63, 3.8) is 0 Å². The summed E-state index contributed by atoms with van der Waals surface area (Å²) in [5.74, 6) is 0.856. The molecule has 5 heteroatoms. The third-order valence-corrected chi connectivity index (χ3v) is 3.95. The van der Waals surface area contributed by atoms with Gasteiger partial charge in [0.05, 0.1) is 23.5 Å². The van der Waals surface area contributed by atoms with E-state index >= 15 is 0 Å². The van der Waals surface area contributed by atoms with Crippen LogP contribution in [0.25, 0.3) is 0 Å². The van der Waals surface area contributed by atoms with Gasteiger partial charge in [-0.2, -0.15) is 5.10 Å². The largest absolute Gasteiger partial charge is 0.394 e. The molecule has 1 aromatic rings. The zero-order valence-electron chi connectivity index (χ0n) is 12.0. The van der Waals surface area contributed by atoms with Crippen molar-refractivity contribution in [1.82, 2.24) is 9.78 Å². The number of nitrogen functional groups attached to an aromatic ring is 1. The molecule has 0 aliphatic heterocycles. The fourth-order valence-corrected chi connectivity index (χ4v) is 2.82. The SMILES string of the molecule is CCCc1nn(C)c(NC2CCCCCC2O)c1N. The van der Waals surface area contributed by atoms with Gasteiger partial charge < -0.3 is 16.2 Å². The molecule has 1 aromatic heterocycles. The maximum absolute atomic E-state index is 10.2. The van der Waals surface area contributed by atoms with Gasteiger partial charge in [-0.05, 0) is 19.3 Å². The van der Waals surface area contributed by atoms with E-state index in [-0.39, 0.29) is 12.1 Å². The first kappa shape index (κ1) is 14.2. The smallest absolute Gasteiger partial charge is 0.148 e. The Bertz CT molecular complexity index is 416. The lowest BCUT2D eigenvalue weighted by Crippen LogP contribution is -2.33. The van der Waals surface area contributed by atoms with E-state index in [2.05, 4.69) is 17.3 Å². The van der Waals surface area contributed by atoms with Gasteiger partial charge in [0.2, 0.25) is 0 Å². The van der Waals surface area contributed by atoms with Crippen LogP contribution in [-0.2, 0) is 13.5 Å². The minimum atomic E-state index is -0.286. The number of hydrogen-bond donors (Lipinski definition) is 3. The zero-order valence-corrected chi connectivity index (χ0v) is 12.0. The Morgan fingerprint density at radius 2 is 2.11 bits per heavy atom. The molecule has 4 N–H and O–H groups in total. The molecular weight excluding hydrogens is 240 g/mol. The van der Waals surface area contributed by atoms with Gasteiger partial charge in [-0.3, -0.25) is 4.68 Å². The Labute approximate surface area is 115 Å². The van der Waals surface area contributed by atoms with Gasteiger partial charge in [0.25, 0.3) is 0 Å². The fourth-order valence-electron chi connectivity index (χ4n) is 2.82. The number of anilines is 2. The second kappa shape index (κ2) is 6.28. The molecule has 108 valence electrons. The van der Waals surface area contributed by atoms with E-state index < -0.39 is 0 Å². The third kappa shape index (κ3) is 3.21. The zero-order chi connectivity index (χ0) is 13.8. The summed E-state index contributed by atoms with van der Waals surface area (Å²) in [6.07, 6.45) is 6.99. The molecule has 1 fully saturated rings. The highest BCUT2D eigenvalue weighted by atomic mass is 16.3. The highest BCUT2D eigenvalue weighted by Gasteiger charge is 2.24. The van der Waals surface area contributed by atoms with Crippen LogP contribution in [0.4, 0.5) is 11.5 Å². The molecule has 19 heavy (non-hydrogen) atoms. The van der Waals surface area contributed by atoms with Crippen molar-refractivity contribution in [3.8, 4) is 0 Å². The van der Waals surface area contributed by atoms with E-state index in [0.29, 0.717) is 0 Å². The first-order valence-electron chi connectivity index (χ1n) is 7.39. The molecule has 1 aliphatic carbocycles. The Kier molecular flexibility index (Phi) is 4.69. The molecule has 0 bridgehead atoms. The van der Waals surface area contributed by atoms with E-state index in [1.54, 1.807) is 4.68 Å². The van der Waals surface area contributed by atoms with Gasteiger partial charge >= 0.3 is 0 Å². The van der Waals surface area contributed by atoms with E-state index in [0.717, 1.165) is 55.7 Å². The Morgan fingerprint density at radius 3 is 2.84 bits per heavy atom. The standard InChI is InChI=1S/C14H26N4O/c1-3-7-11-13(15)14(18(2)17-11)16-10-8-5-4-6-9-12(10)19/h10,12,16,19H,3-9,15H2,1-2H3. The number of aliphatic hydroxyl groups is 1. The summed E-state index contributed by atoms with van der Waals surface area (Å²) >= 11 is 0. The lowest BCUT2D eigenvalue weighted by atomic mass is 10.1. The molecular formula is C14H26N4O. The minimum absolute atomic E-state index is 0.0923. The van der Waals surface area contributed by atoms with Crippen LogP contribution >= 0.6 is 0 Å². The van der Waals surface area contributed by atoms with Crippen LogP contribution in [0.1, 0.15) is 51.1 Å². The average molecular weight is 266 g/mol. The van der Waals surface area contributed by atoms with Crippen LogP contribution in [0, 0.1) is 0 Å². The molecule has 2 rings (SSSR count). The lowest BCUT2D eigenvalue weighted by molar-refractivity contribution is 0.144. The number of hydrogen-bond acceptors (Lipinski definition) is 4. The van der Waals surface area contributed by atoms with E-state index in [1.807, 2.05) is 7.05 Å². The van der Waals surface area contributed by atoms with Crippen molar-refractivity contribution in [3.05, 3.63) is 5.69 Å². The second-order valence-corrected chi connectivity index (χ2v) is 5.54. The van der Waals surface area contributed by atoms with E-state index in [9.17, 15) is 5.11 Å². The van der Waals surface area contributed by atoms with Crippen LogP contribution in [0.15, 0.2) is 0 Å². The summed E-state index contributed by atoms with van der Waals surface area (Å²) in [7, 11) is 1.90. The molecule has 0 spiro atoms. The van der Waals surface area contributed by atoms with Crippen LogP contribution in [0.5, 0.6) is 0 Å². The lowest BCUT2D eigenvalue weighted by Gasteiger charge is -2.23. The molecule has 0 aromatic carbocycles. The summed E-state index contributed by atoms with van der Waals surface area (Å²) in [5, 5.41) is 18.0. The average Bonchev–Trinajstić information content (AvgIpc) is 2.55. The number of aryl methyl sites for hydroxylation is 2. The third-order valence-electron chi connectivity index (χ3n) is 3.95. The summed E-state index contributed by atoms with van der Waals surface area (Å²) in [5.41, 5.74) is 7.86. The molecule has 2 atom stereocenters. The molecule has 1 heterocycles. The fraction of sp³-hybridized carbons (Fsp3) is 0.786. The molecule has 2 unspecified atom stereocenters. The van der Waals surface area contributed by atoms with Gasteiger partial charge in [0, 0.05) is 7.05 Å². The highest BCUT2D eigenvalue weighted by Crippen LogP contribution is 2.27. The van der Waals surface area contributed by atoms with E-state index in [4.69, 9.17) is 5.73 Å². The minimum Gasteiger partial charge on any atom is -0.394 e. The molecule has 1 aliphatic rings. The summed E-state index contributed by atoms with van der Waals surface area (Å²) in [4.78, 5) is 0. The van der Waals surface area contributed by atoms with Gasteiger partial charge in [-0.15, -0.1) is 0 Å². The number of nitrogens with two attached hydrogens (primary N) is 1. The number of nitrogens with zero attached hydrogens (tertiary/aromatic N) is 2. The Morgan fingerprint density at radius 1 is 1.37 bits per heavy atom. The summed E-state index contributed by atoms with van der Waals surface area (Å²) in [6, 6.07) is 0.0923. The predicted molar refractivity (Wildman–Crippen MR) is 78.1 cm³/mol. The van der Waals surface area contributed by atoms with Crippen molar-refractivity contribution >= 4 is 11.5 Å². The number of aromatic nitrogens is 2. The van der Waals surface area contributed by atoms with Crippen molar-refractivity contribution in [2.45, 2.75) is 64.0 Å². The van der Waals surface area contributed by atoms with Gasteiger partial charge in [-0.25, -0.2) is 0 Å². The quantitative estimate of drug-likeness (QED) is 0.729. The molecule has 0 amide bonds. The normalized spacial score (nSPS) is 24.2. The van der Waals surface area contributed by atoms with Crippen molar-refractivity contribution in [2.75, 3.05) is 11.1 Å². The summed E-state index contributed by atoms with van der Waals surface area (Å²) < 4.78 is 1.80. The van der Waals surface area contributed by atoms with Crippen LogP contribution in [0.2, 0.25) is 0 Å². The van der Waals surface area contributed by atoms with Crippen molar-refractivity contribution in [1.29, 1.82) is 0 Å². The molecule has 5 nitrogen and oxygen atoms in total. The second-order valence-electron chi connectivity index (χ2n) is 5.54. The van der Waals surface area contributed by atoms with Crippen molar-refractivity contribution in [2.24, 2.45) is 7.05 Å². The first-order chi connectivity index (χ1) is 9.13. The molecule has 0 saturated heterocycles. The van der Waals surface area contributed by atoms with E-state index in [1.165, 1.54) is 6.42 Å². The predicted octanol–water partition coefficient (Wildman–Crippen LogP) is 2.06. The van der Waals surface area contributed by atoms with Crippen molar-refractivity contribution < 1.29 is 5.11 Å². The van der Waals surface area contributed by atoms with Gasteiger partial charge in [0.1, 0.15) is 5.82 Å². The maximum Gasteiger partial charge on any atom is 0.148 e. The number of rotatable bonds is 4. The van der Waals surface area contributed by atoms with Gasteiger partial charge in [0.15, 0.2) is 0 Å². The Balaban J connectivity index is 2.13. The maximum atomic E-state index is 10.2. The highest BCUT2D eigenvalue weighted by molar-refractivity contribution is 5.65. The number of nitrogens with one attached hydrogen (secondary N) is 1. The topological polar surface area (TPSA) is 76.1 Å². The number of aliphatic hydroxyl groups excluding tert-OH is 1. The van der Waals surface area contributed by atoms with Crippen LogP contribution in [0.3, 0.4) is 0 Å². The Hall–Kier alpha value is -1.23. The van der Waals surface area contributed by atoms with Crippen LogP contribution < -0.4 is 11.1 Å². The first-order valence-corrected chi connectivity index (χ1v) is 7.39. The molecule has 0 radical (unpaired) electrons. The van der Waals surface area contributed by atoms with Gasteiger partial charge in [-0.1, -0.05) is 32.6 Å². The monoisotopic (exact) mass is 266 g/mol. The van der Waals surface area contributed by atoms with Crippen LogP contribution in [-0.4, -0.2) is 27.0 Å². The summed E-state index contributed by atoms with van der Waals surface area (Å²) in [6.45, 7) is 2.12. The molecule has 1 saturated carbocycles.